The normalized spacial score (nSPS) is 11.5. The number of fused-ring (bicyclic) bond motifs is 1. The molecule has 1 heterocycles. The zero-order valence-corrected chi connectivity index (χ0v) is 20.8. The molecule has 3 N–H and O–H groups in total. The summed E-state index contributed by atoms with van der Waals surface area (Å²) in [5, 5.41) is 5.96. The first kappa shape index (κ1) is 25.4. The first-order valence-corrected chi connectivity index (χ1v) is 11.9. The fraction of sp³-hybridized carbons (Fsp3) is 0.172. The fourth-order valence-corrected chi connectivity index (χ4v) is 4.23. The van der Waals surface area contributed by atoms with Gasteiger partial charge < -0.3 is 20.4 Å². The highest BCUT2D eigenvalue weighted by atomic mass is 16.5. The number of para-hydroxylation sites is 1. The van der Waals surface area contributed by atoms with Gasteiger partial charge in [0.05, 0.1) is 5.56 Å². The van der Waals surface area contributed by atoms with Gasteiger partial charge in [-0.05, 0) is 30.2 Å². The van der Waals surface area contributed by atoms with Crippen LogP contribution in [-0.2, 0) is 20.7 Å². The van der Waals surface area contributed by atoms with Crippen LogP contribution in [0, 0.1) is 0 Å². The lowest BCUT2D eigenvalue weighted by Crippen LogP contribution is -2.20. The number of carbonyl (C=O) groups is 4. The number of aryl methyl sites for hydroxylation is 1. The van der Waals surface area contributed by atoms with Gasteiger partial charge in [0.1, 0.15) is 0 Å². The van der Waals surface area contributed by atoms with E-state index in [9.17, 15) is 19.2 Å². The van der Waals surface area contributed by atoms with Crippen LogP contribution in [0.2, 0.25) is 0 Å². The average Bonchev–Trinajstić information content (AvgIpc) is 3.30. The van der Waals surface area contributed by atoms with Crippen molar-refractivity contribution in [2.75, 3.05) is 10.6 Å². The van der Waals surface area contributed by atoms with Gasteiger partial charge in [0.15, 0.2) is 6.10 Å². The monoisotopic (exact) mass is 497 g/mol. The molecule has 0 fully saturated rings. The number of ketones is 1. The summed E-state index contributed by atoms with van der Waals surface area (Å²) >= 11 is 0. The number of hydrogen-bond acceptors (Lipinski definition) is 5. The Labute approximate surface area is 214 Å². The molecule has 0 bridgehead atoms. The van der Waals surface area contributed by atoms with Gasteiger partial charge in [0.2, 0.25) is 17.6 Å². The number of aromatic amines is 1. The van der Waals surface area contributed by atoms with Crippen LogP contribution in [0.3, 0.4) is 0 Å². The van der Waals surface area contributed by atoms with Crippen molar-refractivity contribution in [2.45, 2.75) is 33.3 Å². The van der Waals surface area contributed by atoms with Crippen LogP contribution in [0.15, 0.2) is 72.9 Å². The molecule has 0 saturated heterocycles. The van der Waals surface area contributed by atoms with E-state index in [1.807, 2.05) is 31.2 Å². The Balaban J connectivity index is 1.72. The smallest absolute Gasteiger partial charge is 0.339 e. The number of H-pyrrole nitrogens is 1. The lowest BCUT2D eigenvalue weighted by molar-refractivity contribution is -0.115. The number of carbonyl (C=O) groups excluding carboxylic acids is 4. The SMILES string of the molecule is CCc1cccc2c(C(=O)C(OC(=O)c3cc(NC(C)=O)cc(NC(C)=O)c3)c3ccccc3)c[nH]c12. The number of aromatic nitrogens is 1. The molecule has 0 spiro atoms. The second-order valence-electron chi connectivity index (χ2n) is 8.62. The lowest BCUT2D eigenvalue weighted by Gasteiger charge is -2.18. The maximum atomic E-state index is 13.8. The molecule has 8 heteroatoms. The molecule has 8 nitrogen and oxygen atoms in total. The molecule has 37 heavy (non-hydrogen) atoms. The van der Waals surface area contributed by atoms with Crippen LogP contribution >= 0.6 is 0 Å². The Morgan fingerprint density at radius 3 is 2.11 bits per heavy atom. The summed E-state index contributed by atoms with van der Waals surface area (Å²) in [7, 11) is 0. The Morgan fingerprint density at radius 1 is 0.865 bits per heavy atom. The standard InChI is InChI=1S/C29H27N3O5/c1-4-19-11-8-12-24-25(16-30-26(19)24)27(35)28(20-9-6-5-7-10-20)37-29(36)21-13-22(31-17(2)33)15-23(14-21)32-18(3)34/h5-16,28,30H,4H2,1-3H3,(H,31,33)(H,32,34). The molecule has 2 amide bonds. The summed E-state index contributed by atoms with van der Waals surface area (Å²) in [5.41, 5.74) is 3.55. The predicted molar refractivity (Wildman–Crippen MR) is 142 cm³/mol. The summed E-state index contributed by atoms with van der Waals surface area (Å²) in [6.07, 6.45) is 1.22. The van der Waals surface area contributed by atoms with Crippen LogP contribution in [0.1, 0.15) is 58.7 Å². The van der Waals surface area contributed by atoms with Gasteiger partial charge in [-0.25, -0.2) is 4.79 Å². The zero-order valence-electron chi connectivity index (χ0n) is 20.8. The van der Waals surface area contributed by atoms with E-state index in [2.05, 4.69) is 15.6 Å². The molecule has 188 valence electrons. The van der Waals surface area contributed by atoms with Crippen molar-refractivity contribution in [1.82, 2.24) is 4.98 Å². The van der Waals surface area contributed by atoms with E-state index >= 15 is 0 Å². The minimum atomic E-state index is -1.22. The molecule has 1 aromatic heterocycles. The van der Waals surface area contributed by atoms with E-state index in [0.29, 0.717) is 22.5 Å². The molecule has 3 aromatic carbocycles. The summed E-state index contributed by atoms with van der Waals surface area (Å²) in [6.45, 7) is 4.70. The number of benzene rings is 3. The van der Waals surface area contributed by atoms with Crippen molar-refractivity contribution >= 4 is 45.8 Å². The van der Waals surface area contributed by atoms with Crippen LogP contribution in [-0.4, -0.2) is 28.6 Å². The molecule has 1 atom stereocenters. The van der Waals surface area contributed by atoms with Crippen LogP contribution < -0.4 is 10.6 Å². The minimum absolute atomic E-state index is 0.0657. The number of hydrogen-bond donors (Lipinski definition) is 3. The Kier molecular flexibility index (Phi) is 7.48. The van der Waals surface area contributed by atoms with Crippen molar-refractivity contribution in [3.05, 3.63) is 95.2 Å². The molecule has 0 radical (unpaired) electrons. The number of nitrogens with one attached hydrogen (secondary N) is 3. The second kappa shape index (κ2) is 10.9. The molecular weight excluding hydrogens is 470 g/mol. The van der Waals surface area contributed by atoms with Crippen molar-refractivity contribution in [2.24, 2.45) is 0 Å². The molecule has 4 aromatic rings. The summed E-state index contributed by atoms with van der Waals surface area (Å²) < 4.78 is 5.81. The largest absolute Gasteiger partial charge is 0.445 e. The molecule has 0 saturated carbocycles. The van der Waals surface area contributed by atoms with Crippen LogP contribution in [0.4, 0.5) is 11.4 Å². The maximum Gasteiger partial charge on any atom is 0.339 e. The van der Waals surface area contributed by atoms with Crippen molar-refractivity contribution in [3.63, 3.8) is 0 Å². The third kappa shape index (κ3) is 5.75. The maximum absolute atomic E-state index is 13.8. The molecule has 0 aliphatic heterocycles. The van der Waals surface area contributed by atoms with Crippen LogP contribution in [0.25, 0.3) is 10.9 Å². The third-order valence-corrected chi connectivity index (χ3v) is 5.82. The van der Waals surface area contributed by atoms with Gasteiger partial charge in [-0.15, -0.1) is 0 Å². The molecule has 4 rings (SSSR count). The minimum Gasteiger partial charge on any atom is -0.445 e. The number of Topliss-reactive ketones (excluding diaryl/α,β-unsaturated/α-hetero) is 1. The summed E-state index contributed by atoms with van der Waals surface area (Å²) in [5.74, 6) is -1.85. The topological polar surface area (TPSA) is 117 Å². The number of anilines is 2. The zero-order chi connectivity index (χ0) is 26.5. The number of rotatable bonds is 8. The molecular formula is C29H27N3O5. The van der Waals surface area contributed by atoms with Gasteiger partial charge in [0.25, 0.3) is 0 Å². The van der Waals surface area contributed by atoms with Gasteiger partial charge in [-0.2, -0.15) is 0 Å². The second-order valence-corrected chi connectivity index (χ2v) is 8.62. The number of ether oxygens (including phenoxy) is 1. The van der Waals surface area contributed by atoms with E-state index in [1.165, 1.54) is 32.0 Å². The third-order valence-electron chi connectivity index (χ3n) is 5.82. The van der Waals surface area contributed by atoms with Crippen molar-refractivity contribution in [1.29, 1.82) is 0 Å². The Bertz CT molecular complexity index is 1460. The van der Waals surface area contributed by atoms with Crippen LogP contribution in [0.5, 0.6) is 0 Å². The lowest BCUT2D eigenvalue weighted by atomic mass is 9.98. The predicted octanol–water partition coefficient (Wildman–Crippen LogP) is 5.43. The van der Waals surface area contributed by atoms with E-state index in [-0.39, 0.29) is 23.2 Å². The van der Waals surface area contributed by atoms with Gasteiger partial charge >= 0.3 is 5.97 Å². The quantitative estimate of drug-likeness (QED) is 0.222. The van der Waals surface area contributed by atoms with Crippen molar-refractivity contribution in [3.8, 4) is 0 Å². The Hall–Kier alpha value is -4.72. The first-order valence-electron chi connectivity index (χ1n) is 11.9. The van der Waals surface area contributed by atoms with Crippen molar-refractivity contribution < 1.29 is 23.9 Å². The number of esters is 1. The first-order chi connectivity index (χ1) is 17.8. The highest BCUT2D eigenvalue weighted by molar-refractivity contribution is 6.11. The molecule has 0 aliphatic rings. The van der Waals surface area contributed by atoms with E-state index in [0.717, 1.165) is 22.9 Å². The average molecular weight is 498 g/mol. The van der Waals surface area contributed by atoms with Gasteiger partial charge in [-0.3, -0.25) is 14.4 Å². The van der Waals surface area contributed by atoms with E-state index in [4.69, 9.17) is 4.74 Å². The summed E-state index contributed by atoms with van der Waals surface area (Å²) in [4.78, 5) is 53.5. The van der Waals surface area contributed by atoms with Gasteiger partial charge in [0, 0.05) is 53.4 Å². The number of amides is 2. The van der Waals surface area contributed by atoms with E-state index in [1.54, 1.807) is 30.5 Å². The molecule has 1 unspecified atom stereocenters. The highest BCUT2D eigenvalue weighted by Gasteiger charge is 2.29. The highest BCUT2D eigenvalue weighted by Crippen LogP contribution is 2.30. The Morgan fingerprint density at radius 2 is 1.51 bits per heavy atom. The fourth-order valence-electron chi connectivity index (χ4n) is 4.23. The summed E-state index contributed by atoms with van der Waals surface area (Å²) in [6, 6.07) is 18.9. The molecule has 0 aliphatic carbocycles. The van der Waals surface area contributed by atoms with E-state index < -0.39 is 12.1 Å². The van der Waals surface area contributed by atoms with Gasteiger partial charge in [-0.1, -0.05) is 55.5 Å².